The van der Waals surface area contributed by atoms with Crippen molar-refractivity contribution in [1.29, 1.82) is 0 Å². The minimum absolute atomic E-state index is 0.0230. The quantitative estimate of drug-likeness (QED) is 0.829. The third-order valence-electron chi connectivity index (χ3n) is 4.13. The Morgan fingerprint density at radius 3 is 2.62 bits per heavy atom. The van der Waals surface area contributed by atoms with Crippen LogP contribution in [0.25, 0.3) is 0 Å². The van der Waals surface area contributed by atoms with E-state index in [2.05, 4.69) is 15.5 Å². The SMILES string of the molecule is O=C(CCNc1ccccc1N1CCOCC1)Nc1ccc(F)cc1F. The first kappa shape index (κ1) is 18.1. The van der Waals surface area contributed by atoms with E-state index in [-0.39, 0.29) is 18.0 Å². The molecule has 0 aromatic heterocycles. The molecule has 1 aliphatic rings. The Balaban J connectivity index is 1.54. The van der Waals surface area contributed by atoms with Gasteiger partial charge in [0.05, 0.1) is 30.3 Å². The molecule has 1 aliphatic heterocycles. The van der Waals surface area contributed by atoms with E-state index in [1.54, 1.807) is 0 Å². The van der Waals surface area contributed by atoms with Crippen molar-refractivity contribution in [1.82, 2.24) is 0 Å². The molecule has 0 bridgehead atoms. The van der Waals surface area contributed by atoms with Crippen LogP contribution in [0.1, 0.15) is 6.42 Å². The van der Waals surface area contributed by atoms with E-state index in [4.69, 9.17) is 4.74 Å². The Labute approximate surface area is 151 Å². The molecule has 0 aliphatic carbocycles. The van der Waals surface area contributed by atoms with E-state index in [0.717, 1.165) is 36.6 Å². The van der Waals surface area contributed by atoms with Crippen LogP contribution in [-0.2, 0) is 9.53 Å². The summed E-state index contributed by atoms with van der Waals surface area (Å²) < 4.78 is 31.8. The van der Waals surface area contributed by atoms with Crippen LogP contribution in [0.5, 0.6) is 0 Å². The maximum atomic E-state index is 13.6. The molecule has 0 atom stereocenters. The molecule has 0 radical (unpaired) electrons. The average molecular weight is 361 g/mol. The molecule has 2 aromatic carbocycles. The maximum absolute atomic E-state index is 13.6. The smallest absolute Gasteiger partial charge is 0.226 e. The lowest BCUT2D eigenvalue weighted by Crippen LogP contribution is -2.36. The van der Waals surface area contributed by atoms with Gasteiger partial charge in [0, 0.05) is 32.1 Å². The normalized spacial score (nSPS) is 14.2. The molecule has 2 N–H and O–H groups in total. The minimum Gasteiger partial charge on any atom is -0.383 e. The molecule has 26 heavy (non-hydrogen) atoms. The Morgan fingerprint density at radius 1 is 1.08 bits per heavy atom. The Bertz CT molecular complexity index is 764. The summed E-state index contributed by atoms with van der Waals surface area (Å²) in [5.74, 6) is -1.81. The van der Waals surface area contributed by atoms with Gasteiger partial charge in [-0.05, 0) is 24.3 Å². The van der Waals surface area contributed by atoms with Crippen molar-refractivity contribution < 1.29 is 18.3 Å². The van der Waals surface area contributed by atoms with Gasteiger partial charge in [0.2, 0.25) is 5.91 Å². The molecule has 1 fully saturated rings. The molecule has 0 unspecified atom stereocenters. The summed E-state index contributed by atoms with van der Waals surface area (Å²) in [5.41, 5.74) is 1.99. The van der Waals surface area contributed by atoms with E-state index in [9.17, 15) is 13.6 Å². The van der Waals surface area contributed by atoms with Gasteiger partial charge >= 0.3 is 0 Å². The number of rotatable bonds is 6. The summed E-state index contributed by atoms with van der Waals surface area (Å²) in [4.78, 5) is 14.2. The Kier molecular flexibility index (Phi) is 6.01. The molecular formula is C19H21F2N3O2. The predicted octanol–water partition coefficient (Wildman–Crippen LogP) is 3.24. The number of anilines is 3. The fourth-order valence-corrected chi connectivity index (χ4v) is 2.82. The first-order valence-corrected chi connectivity index (χ1v) is 8.54. The molecular weight excluding hydrogens is 340 g/mol. The van der Waals surface area contributed by atoms with E-state index in [1.807, 2.05) is 24.3 Å². The lowest BCUT2D eigenvalue weighted by Gasteiger charge is -2.30. The number of benzene rings is 2. The summed E-state index contributed by atoms with van der Waals surface area (Å²) >= 11 is 0. The molecule has 7 heteroatoms. The summed E-state index contributed by atoms with van der Waals surface area (Å²) in [6.45, 7) is 3.43. The van der Waals surface area contributed by atoms with E-state index in [0.29, 0.717) is 19.8 Å². The standard InChI is InChI=1S/C19H21F2N3O2/c20-14-5-6-16(15(21)13-14)23-19(25)7-8-22-17-3-1-2-4-18(17)24-9-11-26-12-10-24/h1-6,13,22H,7-12H2,(H,23,25). The molecule has 138 valence electrons. The number of hydrogen-bond donors (Lipinski definition) is 2. The lowest BCUT2D eigenvalue weighted by atomic mass is 10.2. The van der Waals surface area contributed by atoms with E-state index < -0.39 is 11.6 Å². The van der Waals surface area contributed by atoms with Crippen LogP contribution in [0.15, 0.2) is 42.5 Å². The number of carbonyl (C=O) groups is 1. The van der Waals surface area contributed by atoms with Gasteiger partial charge in [0.25, 0.3) is 0 Å². The van der Waals surface area contributed by atoms with Crippen molar-refractivity contribution in [3.05, 3.63) is 54.1 Å². The second-order valence-electron chi connectivity index (χ2n) is 5.97. The fraction of sp³-hybridized carbons (Fsp3) is 0.316. The van der Waals surface area contributed by atoms with Crippen LogP contribution >= 0.6 is 0 Å². The van der Waals surface area contributed by atoms with Gasteiger partial charge in [-0.15, -0.1) is 0 Å². The molecule has 3 rings (SSSR count). The molecule has 2 aromatic rings. The molecule has 1 saturated heterocycles. The van der Waals surface area contributed by atoms with Gasteiger partial charge in [-0.1, -0.05) is 12.1 Å². The van der Waals surface area contributed by atoms with Crippen LogP contribution in [-0.4, -0.2) is 38.8 Å². The zero-order chi connectivity index (χ0) is 18.4. The topological polar surface area (TPSA) is 53.6 Å². The molecule has 0 spiro atoms. The van der Waals surface area contributed by atoms with Gasteiger partial charge < -0.3 is 20.3 Å². The molecule has 5 nitrogen and oxygen atoms in total. The number of para-hydroxylation sites is 2. The van der Waals surface area contributed by atoms with Crippen LogP contribution in [0.4, 0.5) is 25.8 Å². The van der Waals surface area contributed by atoms with Crippen molar-refractivity contribution in [2.24, 2.45) is 0 Å². The summed E-state index contributed by atoms with van der Waals surface area (Å²) in [6, 6.07) is 11.0. The number of amides is 1. The first-order valence-electron chi connectivity index (χ1n) is 8.54. The highest BCUT2D eigenvalue weighted by Gasteiger charge is 2.14. The largest absolute Gasteiger partial charge is 0.383 e. The number of hydrogen-bond acceptors (Lipinski definition) is 4. The van der Waals surface area contributed by atoms with Crippen molar-refractivity contribution in [3.63, 3.8) is 0 Å². The van der Waals surface area contributed by atoms with Gasteiger partial charge in [0.1, 0.15) is 11.6 Å². The van der Waals surface area contributed by atoms with Gasteiger partial charge in [-0.2, -0.15) is 0 Å². The summed E-state index contributed by atoms with van der Waals surface area (Å²) in [6.07, 6.45) is 0.161. The van der Waals surface area contributed by atoms with Gasteiger partial charge in [0.15, 0.2) is 0 Å². The zero-order valence-electron chi connectivity index (χ0n) is 14.3. The van der Waals surface area contributed by atoms with Crippen molar-refractivity contribution in [3.8, 4) is 0 Å². The van der Waals surface area contributed by atoms with Crippen LogP contribution < -0.4 is 15.5 Å². The lowest BCUT2D eigenvalue weighted by molar-refractivity contribution is -0.116. The second kappa shape index (κ2) is 8.62. The van der Waals surface area contributed by atoms with Crippen LogP contribution in [0.3, 0.4) is 0 Å². The van der Waals surface area contributed by atoms with Crippen LogP contribution in [0.2, 0.25) is 0 Å². The van der Waals surface area contributed by atoms with Gasteiger partial charge in [-0.3, -0.25) is 4.79 Å². The first-order chi connectivity index (χ1) is 12.6. The molecule has 1 amide bonds. The van der Waals surface area contributed by atoms with E-state index >= 15 is 0 Å². The number of ether oxygens (including phenoxy) is 1. The second-order valence-corrected chi connectivity index (χ2v) is 5.97. The monoisotopic (exact) mass is 361 g/mol. The summed E-state index contributed by atoms with van der Waals surface area (Å²) in [7, 11) is 0. The number of carbonyl (C=O) groups excluding carboxylic acids is 1. The van der Waals surface area contributed by atoms with Crippen LogP contribution in [0, 0.1) is 11.6 Å². The molecule has 1 heterocycles. The Morgan fingerprint density at radius 2 is 1.85 bits per heavy atom. The highest BCUT2D eigenvalue weighted by molar-refractivity contribution is 5.91. The maximum Gasteiger partial charge on any atom is 0.226 e. The zero-order valence-corrected chi connectivity index (χ0v) is 14.3. The summed E-state index contributed by atoms with van der Waals surface area (Å²) in [5, 5.41) is 5.71. The minimum atomic E-state index is -0.788. The van der Waals surface area contributed by atoms with E-state index in [1.165, 1.54) is 6.07 Å². The number of morpholine rings is 1. The third-order valence-corrected chi connectivity index (χ3v) is 4.13. The van der Waals surface area contributed by atoms with Crippen molar-refractivity contribution in [2.75, 3.05) is 48.4 Å². The predicted molar refractivity (Wildman–Crippen MR) is 97.6 cm³/mol. The third kappa shape index (κ3) is 4.70. The Hall–Kier alpha value is -2.67. The number of halogens is 2. The fourth-order valence-electron chi connectivity index (χ4n) is 2.82. The number of nitrogens with zero attached hydrogens (tertiary/aromatic N) is 1. The highest BCUT2D eigenvalue weighted by Crippen LogP contribution is 2.26. The van der Waals surface area contributed by atoms with Crippen molar-refractivity contribution in [2.45, 2.75) is 6.42 Å². The molecule has 0 saturated carbocycles. The average Bonchev–Trinajstić information content (AvgIpc) is 2.65. The highest BCUT2D eigenvalue weighted by atomic mass is 19.1. The van der Waals surface area contributed by atoms with Gasteiger partial charge in [-0.25, -0.2) is 8.78 Å². The number of nitrogens with one attached hydrogen (secondary N) is 2. The van der Waals surface area contributed by atoms with Crippen molar-refractivity contribution >= 4 is 23.0 Å².